The lowest BCUT2D eigenvalue weighted by Gasteiger charge is -2.15. The Labute approximate surface area is 121 Å². The number of nitrogens with zero attached hydrogens (tertiary/aromatic N) is 4. The maximum Gasteiger partial charge on any atom is 0.255 e. The highest BCUT2D eigenvalue weighted by molar-refractivity contribution is 6.29. The molecule has 5 nitrogen and oxygen atoms in total. The lowest BCUT2D eigenvalue weighted by Crippen LogP contribution is -2.20. The molecule has 20 heavy (non-hydrogen) atoms. The molecule has 0 aliphatic heterocycles. The Hall–Kier alpha value is -2.14. The van der Waals surface area contributed by atoms with Crippen LogP contribution in [0.4, 0.5) is 5.82 Å². The summed E-state index contributed by atoms with van der Waals surface area (Å²) >= 11 is 5.99. The Bertz CT molecular complexity index is 710. The van der Waals surface area contributed by atoms with Gasteiger partial charge in [0.15, 0.2) is 0 Å². The minimum atomic E-state index is 0.239. The van der Waals surface area contributed by atoms with Crippen LogP contribution in [0, 0.1) is 0 Å². The molecule has 6 heteroatoms. The van der Waals surface area contributed by atoms with E-state index in [2.05, 4.69) is 39.4 Å². The largest absolute Gasteiger partial charge is 0.367 e. The number of aromatic nitrogens is 4. The summed E-state index contributed by atoms with van der Waals surface area (Å²) < 4.78 is 1.65. The van der Waals surface area contributed by atoms with E-state index < -0.39 is 0 Å². The molecule has 1 aromatic carbocycles. The number of anilines is 1. The third kappa shape index (κ3) is 2.72. The van der Waals surface area contributed by atoms with Crippen molar-refractivity contribution in [3.8, 4) is 0 Å². The van der Waals surface area contributed by atoms with Gasteiger partial charge in [-0.1, -0.05) is 41.9 Å². The van der Waals surface area contributed by atoms with Gasteiger partial charge in [-0.25, -0.2) is 0 Å². The molecule has 0 aliphatic rings. The fourth-order valence-electron chi connectivity index (χ4n) is 2.16. The molecule has 2 aromatic heterocycles. The molecule has 102 valence electrons. The molecule has 0 spiro atoms. The van der Waals surface area contributed by atoms with Crippen LogP contribution in [0.3, 0.4) is 0 Å². The molecular weight excluding hydrogens is 274 g/mol. The molecule has 0 fully saturated rings. The van der Waals surface area contributed by atoms with Gasteiger partial charge in [0.2, 0.25) is 0 Å². The molecule has 1 unspecified atom stereocenters. The van der Waals surface area contributed by atoms with Gasteiger partial charge < -0.3 is 5.32 Å². The molecule has 0 radical (unpaired) electrons. The molecule has 0 aliphatic carbocycles. The highest BCUT2D eigenvalue weighted by Crippen LogP contribution is 2.16. The first-order valence-corrected chi connectivity index (χ1v) is 6.77. The van der Waals surface area contributed by atoms with Gasteiger partial charge in [0, 0.05) is 12.1 Å². The van der Waals surface area contributed by atoms with Crippen molar-refractivity contribution in [3.05, 3.63) is 53.4 Å². The Balaban J connectivity index is 1.80. The highest BCUT2D eigenvalue weighted by atomic mass is 35.5. The predicted molar refractivity (Wildman–Crippen MR) is 79.0 cm³/mol. The molecule has 3 rings (SSSR count). The summed E-state index contributed by atoms with van der Waals surface area (Å²) in [6.07, 6.45) is 2.38. The third-order valence-corrected chi connectivity index (χ3v) is 3.19. The van der Waals surface area contributed by atoms with E-state index in [1.165, 1.54) is 11.9 Å². The van der Waals surface area contributed by atoms with Gasteiger partial charge >= 0.3 is 0 Å². The van der Waals surface area contributed by atoms with Crippen LogP contribution in [0.1, 0.15) is 12.5 Å². The topological polar surface area (TPSA) is 55.1 Å². The van der Waals surface area contributed by atoms with Crippen LogP contribution in [-0.4, -0.2) is 25.6 Å². The van der Waals surface area contributed by atoms with Crippen LogP contribution in [0.25, 0.3) is 5.78 Å². The maximum absolute atomic E-state index is 5.99. The Morgan fingerprint density at radius 1 is 1.30 bits per heavy atom. The smallest absolute Gasteiger partial charge is 0.255 e. The first-order chi connectivity index (χ1) is 9.72. The summed E-state index contributed by atoms with van der Waals surface area (Å²) in [5.41, 5.74) is 1.28. The van der Waals surface area contributed by atoms with Crippen LogP contribution in [-0.2, 0) is 6.42 Å². The molecule has 1 atom stereocenters. The van der Waals surface area contributed by atoms with Crippen LogP contribution in [0.15, 0.2) is 42.7 Å². The molecule has 0 saturated carbocycles. The highest BCUT2D eigenvalue weighted by Gasteiger charge is 2.09. The number of benzene rings is 1. The molecule has 3 aromatic rings. The summed E-state index contributed by atoms with van der Waals surface area (Å²) in [5.74, 6) is 1.29. The predicted octanol–water partition coefficient (Wildman–Crippen LogP) is 2.82. The first kappa shape index (κ1) is 12.9. The SMILES string of the molecule is CC(Cc1ccccc1)Nc1cc(Cl)nc2ncnn12. The van der Waals surface area contributed by atoms with Crippen molar-refractivity contribution < 1.29 is 0 Å². The second-order valence-electron chi connectivity index (χ2n) is 4.67. The molecule has 0 saturated heterocycles. The summed E-state index contributed by atoms with van der Waals surface area (Å²) in [5, 5.41) is 7.94. The minimum Gasteiger partial charge on any atom is -0.367 e. The van der Waals surface area contributed by atoms with E-state index in [0.717, 1.165) is 12.2 Å². The fraction of sp³-hybridized carbons (Fsp3) is 0.214. The van der Waals surface area contributed by atoms with Crippen LogP contribution < -0.4 is 5.32 Å². The van der Waals surface area contributed by atoms with Crippen LogP contribution in [0.5, 0.6) is 0 Å². The van der Waals surface area contributed by atoms with Crippen molar-refractivity contribution in [2.45, 2.75) is 19.4 Å². The molecule has 0 amide bonds. The Kier molecular flexibility index (Phi) is 3.52. The zero-order valence-electron chi connectivity index (χ0n) is 11.0. The average molecular weight is 288 g/mol. The van der Waals surface area contributed by atoms with Gasteiger partial charge in [-0.3, -0.25) is 0 Å². The number of rotatable bonds is 4. The number of nitrogens with one attached hydrogen (secondary N) is 1. The first-order valence-electron chi connectivity index (χ1n) is 6.39. The van der Waals surface area contributed by atoms with Gasteiger partial charge in [-0.15, -0.1) is 0 Å². The quantitative estimate of drug-likeness (QED) is 0.750. The second-order valence-corrected chi connectivity index (χ2v) is 5.06. The van der Waals surface area contributed by atoms with E-state index in [9.17, 15) is 0 Å². The number of halogens is 1. The summed E-state index contributed by atoms with van der Waals surface area (Å²) in [7, 11) is 0. The van der Waals surface area contributed by atoms with Crippen molar-refractivity contribution in [3.63, 3.8) is 0 Å². The van der Waals surface area contributed by atoms with Crippen LogP contribution >= 0.6 is 11.6 Å². The number of fused-ring (bicyclic) bond motifs is 1. The van der Waals surface area contributed by atoms with Crippen molar-refractivity contribution in [2.24, 2.45) is 0 Å². The average Bonchev–Trinajstić information content (AvgIpc) is 2.88. The fourth-order valence-corrected chi connectivity index (χ4v) is 2.34. The van der Waals surface area contributed by atoms with Gasteiger partial charge in [0.1, 0.15) is 17.3 Å². The van der Waals surface area contributed by atoms with Gasteiger partial charge in [0.25, 0.3) is 5.78 Å². The van der Waals surface area contributed by atoms with E-state index in [4.69, 9.17) is 11.6 Å². The summed E-state index contributed by atoms with van der Waals surface area (Å²) in [6.45, 7) is 2.12. The molecule has 2 heterocycles. The van der Waals surface area contributed by atoms with E-state index in [1.807, 2.05) is 18.2 Å². The third-order valence-electron chi connectivity index (χ3n) is 3.00. The van der Waals surface area contributed by atoms with Crippen LogP contribution in [0.2, 0.25) is 5.15 Å². The zero-order valence-corrected chi connectivity index (χ0v) is 11.7. The molecule has 0 bridgehead atoms. The van der Waals surface area contributed by atoms with Crippen molar-refractivity contribution in [2.75, 3.05) is 5.32 Å². The number of hydrogen-bond donors (Lipinski definition) is 1. The van der Waals surface area contributed by atoms with Gasteiger partial charge in [-0.2, -0.15) is 19.6 Å². The summed E-state index contributed by atoms with van der Waals surface area (Å²) in [6, 6.07) is 12.3. The normalized spacial score (nSPS) is 12.5. The van der Waals surface area contributed by atoms with Crippen molar-refractivity contribution in [1.82, 2.24) is 19.6 Å². The summed E-state index contributed by atoms with van der Waals surface area (Å²) in [4.78, 5) is 8.15. The van der Waals surface area contributed by atoms with E-state index in [1.54, 1.807) is 10.6 Å². The van der Waals surface area contributed by atoms with E-state index >= 15 is 0 Å². The lowest BCUT2D eigenvalue weighted by atomic mass is 10.1. The second kappa shape index (κ2) is 5.46. The van der Waals surface area contributed by atoms with Gasteiger partial charge in [-0.05, 0) is 18.9 Å². The minimum absolute atomic E-state index is 0.239. The van der Waals surface area contributed by atoms with E-state index in [0.29, 0.717) is 10.9 Å². The Morgan fingerprint density at radius 3 is 2.90 bits per heavy atom. The zero-order chi connectivity index (χ0) is 13.9. The van der Waals surface area contributed by atoms with Crippen molar-refractivity contribution in [1.29, 1.82) is 0 Å². The molecular formula is C14H14ClN5. The maximum atomic E-state index is 5.99. The monoisotopic (exact) mass is 287 g/mol. The Morgan fingerprint density at radius 2 is 2.10 bits per heavy atom. The van der Waals surface area contributed by atoms with Gasteiger partial charge in [0.05, 0.1) is 0 Å². The number of hydrogen-bond acceptors (Lipinski definition) is 4. The molecule has 1 N–H and O–H groups in total. The van der Waals surface area contributed by atoms with E-state index in [-0.39, 0.29) is 6.04 Å². The lowest BCUT2D eigenvalue weighted by molar-refractivity contribution is 0.771. The van der Waals surface area contributed by atoms with Crippen molar-refractivity contribution >= 4 is 23.2 Å². The standard InChI is InChI=1S/C14H14ClN5/c1-10(7-11-5-3-2-4-6-11)18-13-8-12(15)19-14-16-9-17-20(13)14/h2-6,8-10,18H,7H2,1H3.